The number of hydrogen-bond donors (Lipinski definition) is 0. The van der Waals surface area contributed by atoms with Crippen molar-refractivity contribution in [2.45, 2.75) is 6.92 Å². The van der Waals surface area contributed by atoms with E-state index in [1.54, 1.807) is 17.9 Å². The lowest BCUT2D eigenvalue weighted by atomic mass is 10.1. The molecule has 0 unspecified atom stereocenters. The number of halogens is 1. The summed E-state index contributed by atoms with van der Waals surface area (Å²) in [6.45, 7) is 2.01. The SMILES string of the molecule is Cc1cc(Br)cc(-c2nn(C)cc2C=O)c1. The summed E-state index contributed by atoms with van der Waals surface area (Å²) < 4.78 is 2.64. The third kappa shape index (κ3) is 2.07. The molecule has 0 saturated carbocycles. The molecule has 3 nitrogen and oxygen atoms in total. The molecule has 1 heterocycles. The van der Waals surface area contributed by atoms with Gasteiger partial charge in [0.25, 0.3) is 0 Å². The van der Waals surface area contributed by atoms with Crippen LogP contribution in [0.5, 0.6) is 0 Å². The van der Waals surface area contributed by atoms with Crippen LogP contribution in [0.3, 0.4) is 0 Å². The monoisotopic (exact) mass is 278 g/mol. The zero-order chi connectivity index (χ0) is 11.7. The van der Waals surface area contributed by atoms with Gasteiger partial charge in [-0.3, -0.25) is 9.48 Å². The normalized spacial score (nSPS) is 10.4. The summed E-state index contributed by atoms with van der Waals surface area (Å²) in [6.07, 6.45) is 2.55. The van der Waals surface area contributed by atoms with E-state index in [-0.39, 0.29) is 0 Å². The summed E-state index contributed by atoms with van der Waals surface area (Å²) in [5.41, 5.74) is 3.42. The van der Waals surface area contributed by atoms with E-state index in [0.717, 1.165) is 27.6 Å². The highest BCUT2D eigenvalue weighted by molar-refractivity contribution is 9.10. The van der Waals surface area contributed by atoms with Gasteiger partial charge in [-0.25, -0.2) is 0 Å². The van der Waals surface area contributed by atoms with E-state index in [9.17, 15) is 4.79 Å². The minimum atomic E-state index is 0.611. The number of aldehydes is 1. The maximum Gasteiger partial charge on any atom is 0.153 e. The molecule has 0 aliphatic rings. The quantitative estimate of drug-likeness (QED) is 0.792. The first-order valence-corrected chi connectivity index (χ1v) is 5.66. The zero-order valence-corrected chi connectivity index (χ0v) is 10.7. The van der Waals surface area contributed by atoms with Gasteiger partial charge in [-0.2, -0.15) is 5.10 Å². The number of hydrogen-bond acceptors (Lipinski definition) is 2. The molecule has 4 heteroatoms. The van der Waals surface area contributed by atoms with E-state index in [4.69, 9.17) is 0 Å². The van der Waals surface area contributed by atoms with Crippen molar-refractivity contribution in [1.29, 1.82) is 0 Å². The third-order valence-corrected chi connectivity index (χ3v) is 2.76. The van der Waals surface area contributed by atoms with E-state index in [1.165, 1.54) is 0 Å². The first kappa shape index (κ1) is 11.1. The van der Waals surface area contributed by atoms with Crippen molar-refractivity contribution in [3.05, 3.63) is 40.0 Å². The number of nitrogens with zero attached hydrogens (tertiary/aromatic N) is 2. The van der Waals surface area contributed by atoms with Gasteiger partial charge in [0.15, 0.2) is 6.29 Å². The average molecular weight is 279 g/mol. The first-order valence-electron chi connectivity index (χ1n) is 4.86. The Kier molecular flexibility index (Phi) is 2.92. The van der Waals surface area contributed by atoms with Crippen molar-refractivity contribution in [1.82, 2.24) is 9.78 Å². The molecule has 0 radical (unpaired) electrons. The summed E-state index contributed by atoms with van der Waals surface area (Å²) in [5, 5.41) is 4.30. The van der Waals surface area contributed by atoms with Crippen molar-refractivity contribution in [3.63, 3.8) is 0 Å². The summed E-state index contributed by atoms with van der Waals surface area (Å²) in [4.78, 5) is 10.9. The summed E-state index contributed by atoms with van der Waals surface area (Å²) >= 11 is 3.44. The fourth-order valence-corrected chi connectivity index (χ4v) is 2.30. The molecule has 2 aromatic rings. The topological polar surface area (TPSA) is 34.9 Å². The molecule has 1 aromatic carbocycles. The van der Waals surface area contributed by atoms with E-state index in [2.05, 4.69) is 21.0 Å². The zero-order valence-electron chi connectivity index (χ0n) is 9.07. The van der Waals surface area contributed by atoms with Gasteiger partial charge >= 0.3 is 0 Å². The smallest absolute Gasteiger partial charge is 0.153 e. The van der Waals surface area contributed by atoms with Crippen LogP contribution in [0.1, 0.15) is 15.9 Å². The highest BCUT2D eigenvalue weighted by atomic mass is 79.9. The molecule has 16 heavy (non-hydrogen) atoms. The van der Waals surface area contributed by atoms with Crippen molar-refractivity contribution in [2.75, 3.05) is 0 Å². The molecule has 0 amide bonds. The predicted octanol–water partition coefficient (Wildman–Crippen LogP) is 2.97. The van der Waals surface area contributed by atoms with Crippen LogP contribution < -0.4 is 0 Å². The Balaban J connectivity index is 2.61. The second kappa shape index (κ2) is 4.22. The highest BCUT2D eigenvalue weighted by Crippen LogP contribution is 2.25. The Hall–Kier alpha value is -1.42. The average Bonchev–Trinajstić information content (AvgIpc) is 2.58. The summed E-state index contributed by atoms with van der Waals surface area (Å²) in [6, 6.07) is 6.00. The van der Waals surface area contributed by atoms with Gasteiger partial charge in [0.2, 0.25) is 0 Å². The number of aryl methyl sites for hydroxylation is 2. The van der Waals surface area contributed by atoms with Crippen molar-refractivity contribution >= 4 is 22.2 Å². The lowest BCUT2D eigenvalue weighted by Gasteiger charge is -2.01. The van der Waals surface area contributed by atoms with Crippen LogP contribution in [0.25, 0.3) is 11.3 Å². The highest BCUT2D eigenvalue weighted by Gasteiger charge is 2.10. The van der Waals surface area contributed by atoms with E-state index < -0.39 is 0 Å². The van der Waals surface area contributed by atoms with Crippen LogP contribution in [0.15, 0.2) is 28.9 Å². The second-order valence-electron chi connectivity index (χ2n) is 3.74. The largest absolute Gasteiger partial charge is 0.298 e. The lowest BCUT2D eigenvalue weighted by Crippen LogP contribution is -1.88. The Morgan fingerprint density at radius 3 is 2.75 bits per heavy atom. The fourth-order valence-electron chi connectivity index (χ4n) is 1.69. The third-order valence-electron chi connectivity index (χ3n) is 2.30. The van der Waals surface area contributed by atoms with E-state index >= 15 is 0 Å². The van der Waals surface area contributed by atoms with Gasteiger partial charge in [0.05, 0.1) is 5.56 Å². The molecule has 0 N–H and O–H groups in total. The Labute approximate surface area is 102 Å². The number of aromatic nitrogens is 2. The van der Waals surface area contributed by atoms with Crippen LogP contribution in [0.4, 0.5) is 0 Å². The van der Waals surface area contributed by atoms with E-state index in [0.29, 0.717) is 5.56 Å². The van der Waals surface area contributed by atoms with Gasteiger partial charge < -0.3 is 0 Å². The Morgan fingerprint density at radius 2 is 2.12 bits per heavy atom. The number of rotatable bonds is 2. The molecule has 0 aliphatic heterocycles. The molecular formula is C12H11BrN2O. The second-order valence-corrected chi connectivity index (χ2v) is 4.66. The molecule has 0 spiro atoms. The maximum atomic E-state index is 10.9. The van der Waals surface area contributed by atoms with Crippen LogP contribution >= 0.6 is 15.9 Å². The standard InChI is InChI=1S/C12H11BrN2O/c1-8-3-9(5-11(13)4-8)12-10(7-16)6-15(2)14-12/h3-7H,1-2H3. The molecular weight excluding hydrogens is 268 g/mol. The Bertz CT molecular complexity index is 526. The van der Waals surface area contributed by atoms with Crippen molar-refractivity contribution in [3.8, 4) is 11.3 Å². The summed E-state index contributed by atoms with van der Waals surface area (Å²) in [5.74, 6) is 0. The molecule has 0 aliphatic carbocycles. The first-order chi connectivity index (χ1) is 7.60. The minimum Gasteiger partial charge on any atom is -0.298 e. The van der Waals surface area contributed by atoms with Crippen LogP contribution in [0, 0.1) is 6.92 Å². The Morgan fingerprint density at radius 1 is 1.38 bits per heavy atom. The molecule has 0 bridgehead atoms. The number of carbonyl (C=O) groups excluding carboxylic acids is 1. The van der Waals surface area contributed by atoms with Gasteiger partial charge in [0.1, 0.15) is 5.69 Å². The molecule has 0 saturated heterocycles. The van der Waals surface area contributed by atoms with Gasteiger partial charge in [-0.1, -0.05) is 15.9 Å². The molecule has 1 aromatic heterocycles. The molecule has 2 rings (SSSR count). The lowest BCUT2D eigenvalue weighted by molar-refractivity contribution is 0.112. The molecule has 0 fully saturated rings. The van der Waals surface area contributed by atoms with Gasteiger partial charge in [0, 0.05) is 23.3 Å². The van der Waals surface area contributed by atoms with Crippen LogP contribution in [-0.4, -0.2) is 16.1 Å². The summed E-state index contributed by atoms with van der Waals surface area (Å²) in [7, 11) is 1.81. The maximum absolute atomic E-state index is 10.9. The predicted molar refractivity (Wildman–Crippen MR) is 66.5 cm³/mol. The van der Waals surface area contributed by atoms with Crippen LogP contribution in [0.2, 0.25) is 0 Å². The van der Waals surface area contributed by atoms with Crippen LogP contribution in [-0.2, 0) is 7.05 Å². The molecule has 0 atom stereocenters. The van der Waals surface area contributed by atoms with Gasteiger partial charge in [-0.15, -0.1) is 0 Å². The number of benzene rings is 1. The minimum absolute atomic E-state index is 0.611. The number of carbonyl (C=O) groups is 1. The van der Waals surface area contributed by atoms with Crippen molar-refractivity contribution < 1.29 is 4.79 Å². The van der Waals surface area contributed by atoms with Gasteiger partial charge in [-0.05, 0) is 30.7 Å². The van der Waals surface area contributed by atoms with Crippen molar-refractivity contribution in [2.24, 2.45) is 7.05 Å². The molecule has 82 valence electrons. The fraction of sp³-hybridized carbons (Fsp3) is 0.167. The van der Waals surface area contributed by atoms with E-state index in [1.807, 2.05) is 25.1 Å².